The molecule has 0 heterocycles. The van der Waals surface area contributed by atoms with Crippen molar-refractivity contribution >= 4 is 12.3 Å². The van der Waals surface area contributed by atoms with Crippen LogP contribution in [-0.4, -0.2) is 38.1 Å². The number of hydrogen-bond acceptors (Lipinski definition) is 6. The minimum atomic E-state index is -0.744. The number of ether oxygens (including phenoxy) is 1. The van der Waals surface area contributed by atoms with Crippen molar-refractivity contribution in [3.8, 4) is 5.75 Å². The zero-order valence-corrected chi connectivity index (χ0v) is 18.6. The Hall–Kier alpha value is -2.03. The van der Waals surface area contributed by atoms with Gasteiger partial charge in [-0.25, -0.2) is 9.82 Å². The molecule has 0 bridgehead atoms. The first-order chi connectivity index (χ1) is 14.9. The molecule has 3 rings (SSSR count). The number of benzene rings is 1. The molecule has 1 atom stereocenters. The summed E-state index contributed by atoms with van der Waals surface area (Å²) in [5.74, 6) is 0.329. The maximum Gasteiger partial charge on any atom is 0.246 e. The molecule has 4 N–H and O–H groups in total. The number of unbranched alkanes of at least 4 members (excludes halogenated alkanes) is 2. The molecule has 0 aromatic heterocycles. The number of hydrazine groups is 1. The first-order valence-electron chi connectivity index (χ1n) is 11.3. The number of likely N-dealkylation sites (N-methyl/N-ethyl adjacent to an activating group) is 1. The standard InChI is InChI=1S/C23H35FN4O3/c1-22(25-2,21(30)26-16-29)10-4-3-5-13-27-28-23(11-12-23)18-8-9-19(24)20(14-18)31-15-17-6-7-17/h8-9,14,16-17,25,27-28H,3-7,10-13,15H2,1-2H3,(H,26,29,30). The minimum absolute atomic E-state index is 0.150. The van der Waals surface area contributed by atoms with Crippen molar-refractivity contribution < 1.29 is 18.7 Å². The van der Waals surface area contributed by atoms with Gasteiger partial charge in [-0.15, -0.1) is 0 Å². The Kier molecular flexibility index (Phi) is 8.02. The van der Waals surface area contributed by atoms with Crippen molar-refractivity contribution in [2.24, 2.45) is 5.92 Å². The summed E-state index contributed by atoms with van der Waals surface area (Å²) in [5.41, 5.74) is 6.89. The molecule has 1 aromatic carbocycles. The van der Waals surface area contributed by atoms with Gasteiger partial charge in [0.05, 0.1) is 17.7 Å². The largest absolute Gasteiger partial charge is 0.490 e. The van der Waals surface area contributed by atoms with Crippen LogP contribution in [0, 0.1) is 11.7 Å². The van der Waals surface area contributed by atoms with Gasteiger partial charge >= 0.3 is 0 Å². The molecule has 0 radical (unpaired) electrons. The molecule has 2 aliphatic rings. The monoisotopic (exact) mass is 434 g/mol. The van der Waals surface area contributed by atoms with Crippen LogP contribution in [0.25, 0.3) is 0 Å². The van der Waals surface area contributed by atoms with Crippen LogP contribution in [0.2, 0.25) is 0 Å². The van der Waals surface area contributed by atoms with Gasteiger partial charge in [0.25, 0.3) is 0 Å². The number of imide groups is 1. The molecular weight excluding hydrogens is 399 g/mol. The van der Waals surface area contributed by atoms with Gasteiger partial charge in [0, 0.05) is 6.54 Å². The lowest BCUT2D eigenvalue weighted by Crippen LogP contribution is -2.53. The Morgan fingerprint density at radius 2 is 2.06 bits per heavy atom. The third-order valence-electron chi connectivity index (χ3n) is 6.45. The van der Waals surface area contributed by atoms with E-state index in [4.69, 9.17) is 4.74 Å². The molecule has 0 aliphatic heterocycles. The summed E-state index contributed by atoms with van der Waals surface area (Å²) in [6.07, 6.45) is 8.22. The molecule has 172 valence electrons. The summed E-state index contributed by atoms with van der Waals surface area (Å²) >= 11 is 0. The molecule has 2 amide bonds. The van der Waals surface area contributed by atoms with Gasteiger partial charge in [0.2, 0.25) is 12.3 Å². The van der Waals surface area contributed by atoms with E-state index in [-0.39, 0.29) is 17.3 Å². The fraction of sp³-hybridized carbons (Fsp3) is 0.652. The van der Waals surface area contributed by atoms with E-state index in [1.54, 1.807) is 14.0 Å². The summed E-state index contributed by atoms with van der Waals surface area (Å²) in [6.45, 7) is 3.20. The van der Waals surface area contributed by atoms with Crippen molar-refractivity contribution in [1.82, 2.24) is 21.5 Å². The first-order valence-corrected chi connectivity index (χ1v) is 11.3. The first kappa shape index (κ1) is 23.6. The third kappa shape index (κ3) is 6.48. The fourth-order valence-corrected chi connectivity index (χ4v) is 3.68. The van der Waals surface area contributed by atoms with Crippen LogP contribution in [0.15, 0.2) is 18.2 Å². The van der Waals surface area contributed by atoms with E-state index in [9.17, 15) is 14.0 Å². The molecule has 8 heteroatoms. The topological polar surface area (TPSA) is 91.5 Å². The van der Waals surface area contributed by atoms with Gasteiger partial charge < -0.3 is 10.1 Å². The summed E-state index contributed by atoms with van der Waals surface area (Å²) < 4.78 is 19.8. The average molecular weight is 435 g/mol. The van der Waals surface area contributed by atoms with Gasteiger partial charge in [-0.05, 0) is 76.1 Å². The fourth-order valence-electron chi connectivity index (χ4n) is 3.68. The lowest BCUT2D eigenvalue weighted by Gasteiger charge is -2.26. The number of rotatable bonds is 15. The Morgan fingerprint density at radius 3 is 2.71 bits per heavy atom. The molecule has 2 aliphatic carbocycles. The number of amides is 2. The average Bonchev–Trinajstić information content (AvgIpc) is 3.68. The van der Waals surface area contributed by atoms with E-state index in [1.165, 1.54) is 18.9 Å². The van der Waals surface area contributed by atoms with Crippen molar-refractivity contribution in [1.29, 1.82) is 0 Å². The zero-order valence-electron chi connectivity index (χ0n) is 18.6. The predicted molar refractivity (Wildman–Crippen MR) is 117 cm³/mol. The number of carbonyl (C=O) groups is 2. The Morgan fingerprint density at radius 1 is 1.29 bits per heavy atom. The lowest BCUT2D eigenvalue weighted by atomic mass is 9.93. The summed E-state index contributed by atoms with van der Waals surface area (Å²) in [5, 5.41) is 5.23. The third-order valence-corrected chi connectivity index (χ3v) is 6.45. The van der Waals surface area contributed by atoms with E-state index >= 15 is 0 Å². The molecular formula is C23H35FN4O3. The van der Waals surface area contributed by atoms with E-state index in [2.05, 4.69) is 21.5 Å². The molecule has 2 fully saturated rings. The Balaban J connectivity index is 1.37. The highest BCUT2D eigenvalue weighted by Crippen LogP contribution is 2.46. The van der Waals surface area contributed by atoms with Crippen molar-refractivity contribution in [3.63, 3.8) is 0 Å². The van der Waals surface area contributed by atoms with Gasteiger partial charge in [-0.3, -0.25) is 20.3 Å². The van der Waals surface area contributed by atoms with E-state index in [0.29, 0.717) is 31.1 Å². The van der Waals surface area contributed by atoms with Crippen molar-refractivity contribution in [3.05, 3.63) is 29.6 Å². The number of halogens is 1. The van der Waals surface area contributed by atoms with Crippen LogP contribution in [-0.2, 0) is 15.1 Å². The van der Waals surface area contributed by atoms with Crippen LogP contribution in [0.5, 0.6) is 5.75 Å². The van der Waals surface area contributed by atoms with Crippen LogP contribution in [0.1, 0.15) is 63.9 Å². The van der Waals surface area contributed by atoms with E-state index in [0.717, 1.165) is 44.2 Å². The van der Waals surface area contributed by atoms with Gasteiger partial charge in [-0.1, -0.05) is 18.9 Å². The molecule has 7 nitrogen and oxygen atoms in total. The summed E-state index contributed by atoms with van der Waals surface area (Å²) in [6, 6.07) is 5.17. The quantitative estimate of drug-likeness (QED) is 0.193. The number of hydrogen-bond donors (Lipinski definition) is 4. The highest BCUT2D eigenvalue weighted by atomic mass is 19.1. The molecule has 1 unspecified atom stereocenters. The molecule has 0 spiro atoms. The highest BCUT2D eigenvalue weighted by Gasteiger charge is 2.44. The molecule has 0 saturated heterocycles. The maximum absolute atomic E-state index is 14.1. The molecule has 1 aromatic rings. The zero-order chi connectivity index (χ0) is 22.3. The summed E-state index contributed by atoms with van der Waals surface area (Å²) in [4.78, 5) is 22.5. The molecule has 2 saturated carbocycles. The Bertz CT molecular complexity index is 767. The van der Waals surface area contributed by atoms with Crippen molar-refractivity contribution in [2.45, 2.75) is 69.4 Å². The van der Waals surface area contributed by atoms with Crippen LogP contribution in [0.4, 0.5) is 4.39 Å². The van der Waals surface area contributed by atoms with Crippen LogP contribution < -0.4 is 26.2 Å². The van der Waals surface area contributed by atoms with E-state index < -0.39 is 5.54 Å². The SMILES string of the molecule is CNC(C)(CCCCCNNC1(c2ccc(F)c(OCC3CC3)c2)CC1)C(=O)NC=O. The number of carbonyl (C=O) groups excluding carboxylic acids is 2. The Labute approximate surface area is 183 Å². The second kappa shape index (κ2) is 10.5. The van der Waals surface area contributed by atoms with E-state index in [1.807, 2.05) is 12.1 Å². The molecule has 31 heavy (non-hydrogen) atoms. The van der Waals surface area contributed by atoms with Crippen LogP contribution >= 0.6 is 0 Å². The van der Waals surface area contributed by atoms with Gasteiger partial charge in [0.1, 0.15) is 0 Å². The second-order valence-electron chi connectivity index (χ2n) is 9.02. The van der Waals surface area contributed by atoms with Gasteiger partial charge in [-0.2, -0.15) is 0 Å². The maximum atomic E-state index is 14.1. The second-order valence-corrected chi connectivity index (χ2v) is 9.02. The normalized spacial score (nSPS) is 18.8. The summed E-state index contributed by atoms with van der Waals surface area (Å²) in [7, 11) is 1.72. The lowest BCUT2D eigenvalue weighted by molar-refractivity contribution is -0.130. The van der Waals surface area contributed by atoms with Crippen molar-refractivity contribution in [2.75, 3.05) is 20.2 Å². The van der Waals surface area contributed by atoms with Crippen LogP contribution in [0.3, 0.4) is 0 Å². The van der Waals surface area contributed by atoms with Gasteiger partial charge in [0.15, 0.2) is 11.6 Å². The smallest absolute Gasteiger partial charge is 0.246 e. The highest BCUT2D eigenvalue weighted by molar-refractivity contribution is 5.93. The predicted octanol–water partition coefficient (Wildman–Crippen LogP) is 2.51. The number of nitrogens with one attached hydrogen (secondary N) is 4. The minimum Gasteiger partial charge on any atom is -0.490 e.